The molecule has 1 nitrogen and oxygen atoms in total. The highest BCUT2D eigenvalue weighted by molar-refractivity contribution is 7.94. The van der Waals surface area contributed by atoms with Gasteiger partial charge in [0, 0.05) is 0 Å². The van der Waals surface area contributed by atoms with Crippen LogP contribution in [0.25, 0.3) is 0 Å². The lowest BCUT2D eigenvalue weighted by molar-refractivity contribution is 0.589. The van der Waals surface area contributed by atoms with Gasteiger partial charge in [-0.15, -0.1) is 0 Å². The fourth-order valence-corrected chi connectivity index (χ4v) is 0.986. The summed E-state index contributed by atoms with van der Waals surface area (Å²) < 4.78 is 10.7. The molecule has 2 atom stereocenters. The average Bonchev–Trinajstić information content (AvgIpc) is 1.84. The Morgan fingerprint density at radius 1 is 1.88 bits per heavy atom. The molecule has 0 N–H and O–H groups in total. The van der Waals surface area contributed by atoms with E-state index in [0.29, 0.717) is 0 Å². The van der Waals surface area contributed by atoms with Gasteiger partial charge in [0.05, 0.1) is 0 Å². The highest BCUT2D eigenvalue weighted by atomic mass is 32.2. The largest absolute Gasteiger partial charge is 0.612 e. The van der Waals surface area contributed by atoms with Crippen LogP contribution in [-0.4, -0.2) is 9.80 Å². The van der Waals surface area contributed by atoms with E-state index in [9.17, 15) is 4.55 Å². The van der Waals surface area contributed by atoms with Crippen molar-refractivity contribution in [1.82, 2.24) is 0 Å². The molecule has 0 heterocycles. The molecule has 2 unspecified atom stereocenters. The lowest BCUT2D eigenvalue weighted by atomic mass is 10.4. The van der Waals surface area contributed by atoms with Gasteiger partial charge in [-0.25, -0.2) is 0 Å². The maximum Gasteiger partial charge on any atom is 0.117 e. The highest BCUT2D eigenvalue weighted by Gasteiger charge is 2.08. The minimum atomic E-state index is -0.808. The van der Waals surface area contributed by atoms with Crippen LogP contribution in [-0.2, 0) is 11.2 Å². The summed E-state index contributed by atoms with van der Waals surface area (Å²) in [5.74, 6) is 0. The average molecular weight is 132 g/mol. The van der Waals surface area contributed by atoms with Gasteiger partial charge in [0.25, 0.3) is 0 Å². The molecule has 0 saturated heterocycles. The monoisotopic (exact) mass is 132 g/mol. The summed E-state index contributed by atoms with van der Waals surface area (Å²) in [5, 5.41) is 1.77. The van der Waals surface area contributed by atoms with Crippen LogP contribution >= 0.6 is 0 Å². The van der Waals surface area contributed by atoms with Crippen LogP contribution in [0.5, 0.6) is 0 Å². The molecule has 8 heavy (non-hydrogen) atoms. The molecule has 0 aliphatic rings. The van der Waals surface area contributed by atoms with Gasteiger partial charge in [0.2, 0.25) is 0 Å². The molecule has 0 spiro atoms. The zero-order valence-corrected chi connectivity index (χ0v) is 6.20. The van der Waals surface area contributed by atoms with E-state index in [4.69, 9.17) is 0 Å². The van der Waals surface area contributed by atoms with Crippen molar-refractivity contribution in [3.8, 4) is 0 Å². The molecule has 0 aromatic heterocycles. The Labute approximate surface area is 54.0 Å². The van der Waals surface area contributed by atoms with Gasteiger partial charge < -0.3 is 4.55 Å². The van der Waals surface area contributed by atoms with E-state index in [0.717, 1.165) is 6.42 Å². The summed E-state index contributed by atoms with van der Waals surface area (Å²) in [6.07, 6.45) is 0.957. The van der Waals surface area contributed by atoms with Crippen molar-refractivity contribution in [1.29, 1.82) is 0 Å². The normalized spacial score (nSPS) is 17.4. The summed E-state index contributed by atoms with van der Waals surface area (Å²) in [4.78, 5) is 0. The van der Waals surface area contributed by atoms with Gasteiger partial charge in [-0.1, -0.05) is 13.5 Å². The molecule has 0 aromatic carbocycles. The third kappa shape index (κ3) is 2.38. The van der Waals surface area contributed by atoms with Crippen molar-refractivity contribution in [3.05, 3.63) is 12.0 Å². The van der Waals surface area contributed by atoms with Crippen molar-refractivity contribution in [2.24, 2.45) is 0 Å². The Hall–Kier alpha value is 0.0500. The summed E-state index contributed by atoms with van der Waals surface area (Å²) in [7, 11) is 0. The van der Waals surface area contributed by atoms with Gasteiger partial charge in [0.1, 0.15) is 10.7 Å². The smallest absolute Gasteiger partial charge is 0.117 e. The van der Waals surface area contributed by atoms with Crippen molar-refractivity contribution in [2.45, 2.75) is 25.5 Å². The van der Waals surface area contributed by atoms with Crippen molar-refractivity contribution in [2.75, 3.05) is 0 Å². The van der Waals surface area contributed by atoms with E-state index in [1.165, 1.54) is 5.41 Å². The Morgan fingerprint density at radius 2 is 2.38 bits per heavy atom. The lowest BCUT2D eigenvalue weighted by Gasteiger charge is -2.10. The first kappa shape index (κ1) is 8.05. The molecule has 0 aromatic rings. The first-order valence-electron chi connectivity index (χ1n) is 2.74. The fraction of sp³-hybridized carbons (Fsp3) is 0.667. The van der Waals surface area contributed by atoms with Crippen LogP contribution in [0.1, 0.15) is 20.3 Å². The first-order chi connectivity index (χ1) is 3.72. The quantitative estimate of drug-likeness (QED) is 0.536. The van der Waals surface area contributed by atoms with Crippen LogP contribution in [0.3, 0.4) is 0 Å². The standard InChI is InChI=1S/C6H12OS/c1-4-6(3)8(7)5-2/h5-6H,2,4H2,1,3H3. The molecule has 0 amide bonds. The second-order valence-corrected chi connectivity index (χ2v) is 3.51. The van der Waals surface area contributed by atoms with Crippen molar-refractivity contribution < 1.29 is 4.55 Å². The first-order valence-corrected chi connectivity index (χ1v) is 4.02. The zero-order valence-electron chi connectivity index (χ0n) is 5.39. The SMILES string of the molecule is C=C[S+]([O-])C(C)CC. The molecular weight excluding hydrogens is 120 g/mol. The molecule has 0 fully saturated rings. The molecule has 0 aliphatic carbocycles. The predicted molar refractivity (Wildman–Crippen MR) is 38.1 cm³/mol. The van der Waals surface area contributed by atoms with Gasteiger partial charge in [0.15, 0.2) is 0 Å². The zero-order chi connectivity index (χ0) is 6.57. The maximum absolute atomic E-state index is 10.7. The van der Waals surface area contributed by atoms with Crippen LogP contribution < -0.4 is 0 Å². The van der Waals surface area contributed by atoms with Gasteiger partial charge in [-0.3, -0.25) is 0 Å². The van der Waals surface area contributed by atoms with E-state index >= 15 is 0 Å². The number of hydrogen-bond acceptors (Lipinski definition) is 1. The molecule has 0 rings (SSSR count). The molecule has 0 radical (unpaired) electrons. The van der Waals surface area contributed by atoms with Gasteiger partial charge in [-0.05, 0) is 24.5 Å². The third-order valence-corrected chi connectivity index (χ3v) is 2.59. The predicted octanol–water partition coefficient (Wildman–Crippen LogP) is 1.68. The Kier molecular flexibility index (Phi) is 4.01. The van der Waals surface area contributed by atoms with Crippen LogP contribution in [0, 0.1) is 0 Å². The summed E-state index contributed by atoms with van der Waals surface area (Å²) in [6.45, 7) is 7.41. The minimum absolute atomic E-state index is 0.271. The molecule has 2 heteroatoms. The van der Waals surface area contributed by atoms with Crippen molar-refractivity contribution >= 4 is 11.2 Å². The Balaban J connectivity index is 3.44. The molecule has 0 bridgehead atoms. The van der Waals surface area contributed by atoms with E-state index < -0.39 is 11.2 Å². The van der Waals surface area contributed by atoms with E-state index in [1.54, 1.807) is 0 Å². The maximum atomic E-state index is 10.7. The van der Waals surface area contributed by atoms with Crippen LogP contribution in [0.4, 0.5) is 0 Å². The topological polar surface area (TPSA) is 23.1 Å². The molecule has 0 saturated carbocycles. The Morgan fingerprint density at radius 3 is 2.50 bits per heavy atom. The third-order valence-electron chi connectivity index (χ3n) is 1.14. The van der Waals surface area contributed by atoms with Crippen molar-refractivity contribution in [3.63, 3.8) is 0 Å². The highest BCUT2D eigenvalue weighted by Crippen LogP contribution is 2.05. The van der Waals surface area contributed by atoms with Gasteiger partial charge >= 0.3 is 0 Å². The number of rotatable bonds is 3. The van der Waals surface area contributed by atoms with Crippen LogP contribution in [0.15, 0.2) is 12.0 Å². The summed E-state index contributed by atoms with van der Waals surface area (Å²) in [5.41, 5.74) is 0. The minimum Gasteiger partial charge on any atom is -0.612 e. The molecule has 0 aliphatic heterocycles. The van der Waals surface area contributed by atoms with Gasteiger partial charge in [-0.2, -0.15) is 0 Å². The van der Waals surface area contributed by atoms with E-state index in [2.05, 4.69) is 6.58 Å². The number of hydrogen-bond donors (Lipinski definition) is 0. The van der Waals surface area contributed by atoms with E-state index in [-0.39, 0.29) is 5.25 Å². The Bertz CT molecular complexity index is 72.9. The molecular formula is C6H12OS. The second kappa shape index (κ2) is 3.98. The molecule has 48 valence electrons. The van der Waals surface area contributed by atoms with Crippen LogP contribution in [0.2, 0.25) is 0 Å². The second-order valence-electron chi connectivity index (χ2n) is 1.71. The fourth-order valence-electron chi connectivity index (χ4n) is 0.329. The van der Waals surface area contributed by atoms with E-state index in [1.807, 2.05) is 13.8 Å². The summed E-state index contributed by atoms with van der Waals surface area (Å²) >= 11 is -0.808. The summed E-state index contributed by atoms with van der Waals surface area (Å²) in [6, 6.07) is 0. The lowest BCUT2D eigenvalue weighted by Crippen LogP contribution is -2.12.